The van der Waals surface area contributed by atoms with Crippen LogP contribution in [0.2, 0.25) is 0 Å². The normalized spacial score (nSPS) is 14.2. The first-order valence-electron chi connectivity index (χ1n) is 12.8. The van der Waals surface area contributed by atoms with Gasteiger partial charge in [-0.2, -0.15) is 17.1 Å². The van der Waals surface area contributed by atoms with Crippen LogP contribution in [0.25, 0.3) is 0 Å². The molecule has 3 aromatic rings. The molecule has 0 spiro atoms. The quantitative estimate of drug-likeness (QED) is 0.184. The third kappa shape index (κ3) is 7.56. The van der Waals surface area contributed by atoms with Crippen molar-refractivity contribution in [2.45, 2.75) is 24.5 Å². The predicted octanol–water partition coefficient (Wildman–Crippen LogP) is 6.14. The minimum atomic E-state index is -4.57. The number of piperazine rings is 1. The lowest BCUT2D eigenvalue weighted by atomic mass is 10.0. The number of anilines is 2. The van der Waals surface area contributed by atoms with Crippen LogP contribution >= 0.6 is 12.1 Å². The van der Waals surface area contributed by atoms with Gasteiger partial charge >= 0.3 is 6.18 Å². The van der Waals surface area contributed by atoms with Gasteiger partial charge in [-0.25, -0.2) is 0 Å². The first-order chi connectivity index (χ1) is 19.2. The Kier molecular flexibility index (Phi) is 9.74. The van der Waals surface area contributed by atoms with Crippen molar-refractivity contribution in [2.75, 3.05) is 49.5 Å². The summed E-state index contributed by atoms with van der Waals surface area (Å²) in [7, 11) is 0. The van der Waals surface area contributed by atoms with Crippen LogP contribution in [0, 0.1) is 19.3 Å². The smallest absolute Gasteiger partial charge is 0.369 e. The van der Waals surface area contributed by atoms with E-state index in [-0.39, 0.29) is 35.5 Å². The third-order valence-electron chi connectivity index (χ3n) is 6.91. The van der Waals surface area contributed by atoms with Crippen LogP contribution in [0.15, 0.2) is 65.6 Å². The maximum absolute atomic E-state index is 13.9. The molecule has 1 saturated heterocycles. The van der Waals surface area contributed by atoms with E-state index in [4.69, 9.17) is 6.42 Å². The molecule has 0 unspecified atom stereocenters. The molecule has 0 aromatic heterocycles. The highest BCUT2D eigenvalue weighted by molar-refractivity contribution is 7.94. The summed E-state index contributed by atoms with van der Waals surface area (Å²) in [6.07, 6.45) is 0.883. The minimum absolute atomic E-state index is 0.0471. The molecule has 0 aliphatic carbocycles. The second kappa shape index (κ2) is 13.2. The Bertz CT molecular complexity index is 1360. The molecule has 5 nitrogen and oxygen atoms in total. The summed E-state index contributed by atoms with van der Waals surface area (Å²) in [5.41, 5.74) is 2.07. The van der Waals surface area contributed by atoms with Crippen molar-refractivity contribution in [1.29, 1.82) is 0 Å². The predicted molar refractivity (Wildman–Crippen MR) is 152 cm³/mol. The average molecular weight is 571 g/mol. The van der Waals surface area contributed by atoms with Crippen LogP contribution < -0.4 is 15.5 Å². The van der Waals surface area contributed by atoms with Crippen molar-refractivity contribution in [1.82, 2.24) is 10.2 Å². The van der Waals surface area contributed by atoms with E-state index in [0.29, 0.717) is 23.5 Å². The van der Waals surface area contributed by atoms with E-state index in [1.165, 1.54) is 18.2 Å². The summed E-state index contributed by atoms with van der Waals surface area (Å²) in [5, 5.41) is 5.67. The van der Waals surface area contributed by atoms with E-state index in [1.54, 1.807) is 24.3 Å². The molecule has 0 saturated carbocycles. The third-order valence-corrected chi connectivity index (χ3v) is 7.36. The summed E-state index contributed by atoms with van der Waals surface area (Å²) in [4.78, 5) is 17.7. The lowest BCUT2D eigenvalue weighted by Gasteiger charge is -2.36. The number of hydrogen-bond acceptors (Lipinski definition) is 5. The van der Waals surface area contributed by atoms with Gasteiger partial charge in [-0.3, -0.25) is 9.69 Å². The van der Waals surface area contributed by atoms with E-state index in [1.807, 2.05) is 19.1 Å². The number of terminal acetylenes is 1. The lowest BCUT2D eigenvalue weighted by molar-refractivity contribution is -0.138. The average Bonchev–Trinajstić information content (AvgIpc) is 2.96. The molecule has 210 valence electrons. The second-order valence-corrected chi connectivity index (χ2v) is 10.2. The number of halogens is 4. The zero-order valence-electron chi connectivity index (χ0n) is 22.0. The summed E-state index contributed by atoms with van der Waals surface area (Å²) in [6, 6.07) is 16.0. The second-order valence-electron chi connectivity index (χ2n) is 9.57. The number of hydrogen-bond donors (Lipinski definition) is 2. The number of carbonyl (C=O) groups is 1. The molecule has 1 aliphatic heterocycles. The molecule has 10 heteroatoms. The van der Waals surface area contributed by atoms with Crippen molar-refractivity contribution in [3.8, 4) is 12.3 Å². The summed E-state index contributed by atoms with van der Waals surface area (Å²) >= 11 is 0.221. The van der Waals surface area contributed by atoms with Crippen molar-refractivity contribution < 1.29 is 21.9 Å². The molecule has 40 heavy (non-hydrogen) atoms. The van der Waals surface area contributed by atoms with E-state index in [0.717, 1.165) is 43.5 Å². The van der Waals surface area contributed by atoms with Crippen molar-refractivity contribution in [2.24, 2.45) is 0 Å². The van der Waals surface area contributed by atoms with E-state index >= 15 is 0 Å². The molecule has 1 aliphatic rings. The fraction of sp³-hybridized carbons (Fsp3) is 0.300. The van der Waals surface area contributed by atoms with Crippen molar-refractivity contribution in [3.63, 3.8) is 0 Å². The Morgan fingerprint density at radius 1 is 1.02 bits per heavy atom. The van der Waals surface area contributed by atoms with Gasteiger partial charge in [0.25, 0.3) is 5.91 Å². The van der Waals surface area contributed by atoms with Gasteiger partial charge in [0.15, 0.2) is 0 Å². The van der Waals surface area contributed by atoms with Crippen LogP contribution in [0.5, 0.6) is 0 Å². The number of benzene rings is 3. The van der Waals surface area contributed by atoms with Gasteiger partial charge in [-0.05, 0) is 66.6 Å². The molecule has 2 N–H and O–H groups in total. The molecule has 0 radical (unpaired) electrons. The van der Waals surface area contributed by atoms with Crippen LogP contribution in [0.3, 0.4) is 0 Å². The number of nitrogens with zero attached hydrogens (tertiary/aromatic N) is 2. The Morgan fingerprint density at radius 3 is 2.40 bits per heavy atom. The number of rotatable bonds is 9. The summed E-state index contributed by atoms with van der Waals surface area (Å²) in [5.74, 6) is 1.96. The molecule has 0 atom stereocenters. The molecule has 3 aromatic carbocycles. The van der Waals surface area contributed by atoms with Gasteiger partial charge in [0.1, 0.15) is 0 Å². The van der Waals surface area contributed by atoms with Gasteiger partial charge in [0.05, 0.1) is 17.7 Å². The van der Waals surface area contributed by atoms with Crippen LogP contribution in [0.1, 0.15) is 32.6 Å². The topological polar surface area (TPSA) is 47.6 Å². The number of carbonyl (C=O) groups excluding carboxylic acids is 1. The molecule has 1 heterocycles. The molecule has 0 bridgehead atoms. The first-order valence-corrected chi connectivity index (χ1v) is 13.5. The van der Waals surface area contributed by atoms with Gasteiger partial charge in [0, 0.05) is 73.2 Å². The zero-order valence-corrected chi connectivity index (χ0v) is 22.8. The van der Waals surface area contributed by atoms with E-state index < -0.39 is 17.6 Å². The van der Waals surface area contributed by atoms with Crippen LogP contribution in [-0.2, 0) is 12.7 Å². The fourth-order valence-corrected chi connectivity index (χ4v) is 4.83. The molecule has 1 fully saturated rings. The highest BCUT2D eigenvalue weighted by atomic mass is 32.2. The van der Waals surface area contributed by atoms with Gasteiger partial charge < -0.3 is 15.5 Å². The van der Waals surface area contributed by atoms with Gasteiger partial charge in [0.2, 0.25) is 0 Å². The van der Waals surface area contributed by atoms with Crippen molar-refractivity contribution >= 4 is 29.4 Å². The largest absolute Gasteiger partial charge is 0.416 e. The molecule has 4 rings (SSSR count). The highest BCUT2D eigenvalue weighted by Gasteiger charge is 2.33. The number of alkyl halides is 3. The fourth-order valence-electron chi connectivity index (χ4n) is 4.59. The van der Waals surface area contributed by atoms with Gasteiger partial charge in [-0.15, -0.1) is 6.42 Å². The summed E-state index contributed by atoms with van der Waals surface area (Å²) < 4.78 is 54.2. The van der Waals surface area contributed by atoms with Gasteiger partial charge in [-0.1, -0.05) is 18.1 Å². The monoisotopic (exact) mass is 570 g/mol. The van der Waals surface area contributed by atoms with E-state index in [2.05, 4.69) is 26.4 Å². The SMILES string of the molecule is C#Cc1cc(C(=O)Nc2ccc(CNCCN3CCN(c4ccc(SF)cc4)CC3)c(C(F)(F)F)c2)ccc1C. The highest BCUT2D eigenvalue weighted by Crippen LogP contribution is 2.34. The van der Waals surface area contributed by atoms with E-state index in [9.17, 15) is 21.9 Å². The van der Waals surface area contributed by atoms with Crippen molar-refractivity contribution in [3.05, 3.63) is 88.5 Å². The lowest BCUT2D eigenvalue weighted by Crippen LogP contribution is -2.48. The minimum Gasteiger partial charge on any atom is -0.369 e. The van der Waals surface area contributed by atoms with Crippen LogP contribution in [-0.4, -0.2) is 50.1 Å². The number of amides is 1. The number of nitrogens with one attached hydrogen (secondary N) is 2. The maximum atomic E-state index is 13.9. The molecular formula is C30H30F4N4OS. The Morgan fingerprint density at radius 2 is 1.75 bits per heavy atom. The standard InChI is InChI=1S/C30H30F4N4OS/c1-3-22-18-23(5-4-21(22)2)29(39)36-25-7-6-24(28(19-25)30(31,32)33)20-35-12-13-37-14-16-38(17-15-37)26-8-10-27(40-34)11-9-26/h1,4-11,18-19,35H,12-17,20H2,2H3,(H,36,39). The first kappa shape index (κ1) is 29.5. The van der Waals surface area contributed by atoms with Crippen LogP contribution in [0.4, 0.5) is 28.4 Å². The number of aryl methyl sites for hydroxylation is 1. The Balaban J connectivity index is 1.29. The summed E-state index contributed by atoms with van der Waals surface area (Å²) in [6.45, 7) is 6.39. The Labute approximate surface area is 236 Å². The maximum Gasteiger partial charge on any atom is 0.416 e. The molecule has 1 amide bonds. The molecular weight excluding hydrogens is 540 g/mol. The Hall–Kier alpha value is -3.52. The zero-order chi connectivity index (χ0) is 28.7.